The lowest BCUT2D eigenvalue weighted by molar-refractivity contribution is -0.135. The smallest absolute Gasteiger partial charge is 0.389 e. The molecule has 0 atom stereocenters. The van der Waals surface area contributed by atoms with Crippen molar-refractivity contribution in [3.8, 4) is 0 Å². The van der Waals surface area contributed by atoms with Crippen molar-refractivity contribution in [2.24, 2.45) is 0 Å². The third-order valence-electron chi connectivity index (χ3n) is 2.62. The van der Waals surface area contributed by atoms with E-state index >= 15 is 0 Å². The highest BCUT2D eigenvalue weighted by atomic mass is 19.4. The topological polar surface area (TPSA) is 55.1 Å². The predicted octanol–water partition coefficient (Wildman–Crippen LogP) is 2.66. The molecule has 0 unspecified atom stereocenters. The van der Waals surface area contributed by atoms with Crippen LogP contribution in [0.5, 0.6) is 0 Å². The second-order valence-electron chi connectivity index (χ2n) is 4.30. The van der Waals surface area contributed by atoms with Crippen LogP contribution in [0.2, 0.25) is 0 Å². The summed E-state index contributed by atoms with van der Waals surface area (Å²) in [5, 5.41) is 2.58. The molecule has 19 heavy (non-hydrogen) atoms. The standard InChI is InChI=1S/C13H17F3N2O/c14-13(15,16)7-3-4-8-18-12(19)9-10-5-1-2-6-11(10)17/h1-2,5-6H,3-4,7-9,17H2,(H,18,19). The first-order chi connectivity index (χ1) is 8.88. The summed E-state index contributed by atoms with van der Waals surface area (Å²) in [6, 6.07) is 7.00. The number of para-hydroxylation sites is 1. The minimum Gasteiger partial charge on any atom is -0.398 e. The first-order valence-electron chi connectivity index (χ1n) is 6.05. The maximum absolute atomic E-state index is 11.9. The van der Waals surface area contributed by atoms with Crippen LogP contribution < -0.4 is 11.1 Å². The number of hydrogen-bond acceptors (Lipinski definition) is 2. The van der Waals surface area contributed by atoms with Crippen LogP contribution >= 0.6 is 0 Å². The number of anilines is 1. The molecule has 106 valence electrons. The number of nitrogens with one attached hydrogen (secondary N) is 1. The molecule has 0 heterocycles. The van der Waals surface area contributed by atoms with Crippen LogP contribution in [0.1, 0.15) is 24.8 Å². The van der Waals surface area contributed by atoms with Crippen molar-refractivity contribution in [3.05, 3.63) is 29.8 Å². The lowest BCUT2D eigenvalue weighted by Gasteiger charge is -2.08. The van der Waals surface area contributed by atoms with Gasteiger partial charge in [0, 0.05) is 18.7 Å². The summed E-state index contributed by atoms with van der Waals surface area (Å²) in [6.07, 6.45) is -4.45. The van der Waals surface area contributed by atoms with E-state index in [0.29, 0.717) is 12.1 Å². The highest BCUT2D eigenvalue weighted by molar-refractivity contribution is 5.80. The second-order valence-corrected chi connectivity index (χ2v) is 4.30. The number of rotatable bonds is 6. The minimum atomic E-state index is -4.12. The van der Waals surface area contributed by atoms with E-state index in [-0.39, 0.29) is 25.3 Å². The summed E-state index contributed by atoms with van der Waals surface area (Å²) in [5.41, 5.74) is 6.94. The average Bonchev–Trinajstić information content (AvgIpc) is 2.30. The van der Waals surface area contributed by atoms with Crippen LogP contribution in [0.15, 0.2) is 24.3 Å². The second kappa shape index (κ2) is 7.01. The van der Waals surface area contributed by atoms with Crippen molar-refractivity contribution in [1.82, 2.24) is 5.32 Å². The molecule has 0 aliphatic heterocycles. The molecular weight excluding hydrogens is 257 g/mol. The highest BCUT2D eigenvalue weighted by Crippen LogP contribution is 2.21. The lowest BCUT2D eigenvalue weighted by Crippen LogP contribution is -2.26. The Labute approximate surface area is 110 Å². The fourth-order valence-electron chi connectivity index (χ4n) is 1.61. The number of nitrogens with two attached hydrogens (primary N) is 1. The van der Waals surface area contributed by atoms with Crippen LogP contribution in [0, 0.1) is 0 Å². The Balaban J connectivity index is 2.20. The molecule has 1 aromatic rings. The molecule has 1 aromatic carbocycles. The fourth-order valence-corrected chi connectivity index (χ4v) is 1.61. The van der Waals surface area contributed by atoms with Gasteiger partial charge in [0.2, 0.25) is 5.91 Å². The molecule has 1 rings (SSSR count). The Hall–Kier alpha value is -1.72. The number of nitrogen functional groups attached to an aromatic ring is 1. The molecule has 0 radical (unpaired) electrons. The van der Waals surface area contributed by atoms with Crippen molar-refractivity contribution < 1.29 is 18.0 Å². The van der Waals surface area contributed by atoms with Gasteiger partial charge >= 0.3 is 6.18 Å². The Morgan fingerprint density at radius 2 is 1.89 bits per heavy atom. The molecule has 0 aromatic heterocycles. The SMILES string of the molecule is Nc1ccccc1CC(=O)NCCCCC(F)(F)F. The van der Waals surface area contributed by atoms with Gasteiger partial charge in [-0.15, -0.1) is 0 Å². The van der Waals surface area contributed by atoms with E-state index in [1.807, 2.05) is 0 Å². The van der Waals surface area contributed by atoms with Gasteiger partial charge in [-0.1, -0.05) is 18.2 Å². The third-order valence-corrected chi connectivity index (χ3v) is 2.62. The van der Waals surface area contributed by atoms with E-state index in [1.54, 1.807) is 24.3 Å². The van der Waals surface area contributed by atoms with Gasteiger partial charge < -0.3 is 11.1 Å². The van der Waals surface area contributed by atoms with Crippen molar-refractivity contribution in [1.29, 1.82) is 0 Å². The number of benzene rings is 1. The molecule has 3 nitrogen and oxygen atoms in total. The van der Waals surface area contributed by atoms with Crippen LogP contribution in [0.3, 0.4) is 0 Å². The Kier molecular flexibility index (Phi) is 5.66. The predicted molar refractivity (Wildman–Crippen MR) is 67.5 cm³/mol. The molecule has 1 amide bonds. The molecule has 0 spiro atoms. The summed E-state index contributed by atoms with van der Waals surface area (Å²) in [4.78, 5) is 11.5. The van der Waals surface area contributed by atoms with E-state index in [2.05, 4.69) is 5.32 Å². The summed E-state index contributed by atoms with van der Waals surface area (Å²) >= 11 is 0. The number of alkyl halides is 3. The molecule has 6 heteroatoms. The van der Waals surface area contributed by atoms with E-state index in [4.69, 9.17) is 5.73 Å². The van der Waals surface area contributed by atoms with Crippen molar-refractivity contribution in [3.63, 3.8) is 0 Å². The van der Waals surface area contributed by atoms with Gasteiger partial charge in [-0.25, -0.2) is 0 Å². The van der Waals surface area contributed by atoms with Crippen LogP contribution in [-0.4, -0.2) is 18.6 Å². The molecule has 0 saturated heterocycles. The fraction of sp³-hybridized carbons (Fsp3) is 0.462. The Morgan fingerprint density at radius 3 is 2.53 bits per heavy atom. The minimum absolute atomic E-state index is 0.0251. The van der Waals surface area contributed by atoms with E-state index in [1.165, 1.54) is 0 Å². The summed E-state index contributed by atoms with van der Waals surface area (Å²) < 4.78 is 35.6. The number of carbonyl (C=O) groups excluding carboxylic acids is 1. The van der Waals surface area contributed by atoms with Gasteiger partial charge in [-0.3, -0.25) is 4.79 Å². The quantitative estimate of drug-likeness (QED) is 0.619. The molecule has 0 fully saturated rings. The summed E-state index contributed by atoms with van der Waals surface area (Å²) in [7, 11) is 0. The Morgan fingerprint density at radius 1 is 1.21 bits per heavy atom. The number of hydrogen-bond donors (Lipinski definition) is 2. The monoisotopic (exact) mass is 274 g/mol. The zero-order valence-corrected chi connectivity index (χ0v) is 10.5. The zero-order valence-electron chi connectivity index (χ0n) is 10.5. The number of halogens is 3. The number of unbranched alkanes of at least 4 members (excludes halogenated alkanes) is 1. The average molecular weight is 274 g/mol. The van der Waals surface area contributed by atoms with Crippen molar-refractivity contribution in [2.45, 2.75) is 31.9 Å². The van der Waals surface area contributed by atoms with Crippen LogP contribution in [0.4, 0.5) is 18.9 Å². The van der Waals surface area contributed by atoms with E-state index in [9.17, 15) is 18.0 Å². The van der Waals surface area contributed by atoms with Gasteiger partial charge in [0.05, 0.1) is 6.42 Å². The summed E-state index contributed by atoms with van der Waals surface area (Å²) in [5.74, 6) is -0.232. The number of amides is 1. The molecule has 0 bridgehead atoms. The Bertz CT molecular complexity index is 419. The zero-order chi connectivity index (χ0) is 14.3. The maximum atomic E-state index is 11.9. The van der Waals surface area contributed by atoms with Gasteiger partial charge in [-0.2, -0.15) is 13.2 Å². The van der Waals surface area contributed by atoms with Crippen LogP contribution in [0.25, 0.3) is 0 Å². The van der Waals surface area contributed by atoms with Gasteiger partial charge in [0.25, 0.3) is 0 Å². The normalized spacial score (nSPS) is 11.3. The van der Waals surface area contributed by atoms with Crippen LogP contribution in [-0.2, 0) is 11.2 Å². The molecular formula is C13H17F3N2O. The highest BCUT2D eigenvalue weighted by Gasteiger charge is 2.25. The van der Waals surface area contributed by atoms with Crippen molar-refractivity contribution >= 4 is 11.6 Å². The van der Waals surface area contributed by atoms with Gasteiger partial charge in [0.1, 0.15) is 0 Å². The maximum Gasteiger partial charge on any atom is 0.389 e. The molecule has 0 saturated carbocycles. The van der Waals surface area contributed by atoms with Gasteiger partial charge in [0.15, 0.2) is 0 Å². The first kappa shape index (κ1) is 15.3. The number of carbonyl (C=O) groups is 1. The lowest BCUT2D eigenvalue weighted by atomic mass is 10.1. The van der Waals surface area contributed by atoms with E-state index in [0.717, 1.165) is 5.56 Å². The summed E-state index contributed by atoms with van der Waals surface area (Å²) in [6.45, 7) is 0.252. The molecule has 3 N–H and O–H groups in total. The van der Waals surface area contributed by atoms with Crippen molar-refractivity contribution in [2.75, 3.05) is 12.3 Å². The third kappa shape index (κ3) is 6.69. The van der Waals surface area contributed by atoms with E-state index < -0.39 is 12.6 Å². The molecule has 0 aliphatic rings. The van der Waals surface area contributed by atoms with Gasteiger partial charge in [-0.05, 0) is 24.5 Å². The molecule has 0 aliphatic carbocycles. The largest absolute Gasteiger partial charge is 0.398 e. The first-order valence-corrected chi connectivity index (χ1v) is 6.05.